The summed E-state index contributed by atoms with van der Waals surface area (Å²) in [6, 6.07) is 3.40. The van der Waals surface area contributed by atoms with Crippen LogP contribution in [0.3, 0.4) is 0 Å². The summed E-state index contributed by atoms with van der Waals surface area (Å²) in [6.45, 7) is 1.84. The van der Waals surface area contributed by atoms with Crippen molar-refractivity contribution in [1.82, 2.24) is 15.5 Å². The van der Waals surface area contributed by atoms with Crippen molar-refractivity contribution in [2.75, 3.05) is 5.75 Å². The normalized spacial score (nSPS) is 12.2. The van der Waals surface area contributed by atoms with Crippen molar-refractivity contribution >= 4 is 17.7 Å². The zero-order valence-corrected chi connectivity index (χ0v) is 11.5. The number of rotatable bonds is 5. The number of aromatic amines is 1. The molecule has 2 aromatic rings. The molecule has 106 valence electrons. The van der Waals surface area contributed by atoms with Crippen molar-refractivity contribution in [2.45, 2.75) is 17.9 Å². The van der Waals surface area contributed by atoms with Gasteiger partial charge in [0.05, 0.1) is 18.0 Å². The number of nitrogens with one attached hydrogen (secondary N) is 2. The Morgan fingerprint density at radius 3 is 2.90 bits per heavy atom. The third-order valence-electron chi connectivity index (χ3n) is 2.66. The van der Waals surface area contributed by atoms with E-state index < -0.39 is 11.6 Å². The van der Waals surface area contributed by atoms with Gasteiger partial charge in [-0.05, 0) is 25.1 Å². The Morgan fingerprint density at radius 2 is 2.25 bits per heavy atom. The maximum Gasteiger partial charge on any atom is 0.230 e. The van der Waals surface area contributed by atoms with Gasteiger partial charge in [0.2, 0.25) is 5.91 Å². The summed E-state index contributed by atoms with van der Waals surface area (Å²) in [5.41, 5.74) is 0.871. The fourth-order valence-corrected chi connectivity index (χ4v) is 2.31. The minimum absolute atomic E-state index is 0.132. The number of carbonyl (C=O) groups is 1. The molecule has 2 rings (SSSR count). The predicted molar refractivity (Wildman–Crippen MR) is 72.2 cm³/mol. The molecular weight excluding hydrogens is 284 g/mol. The lowest BCUT2D eigenvalue weighted by Gasteiger charge is -2.11. The first-order valence-corrected chi connectivity index (χ1v) is 6.90. The van der Waals surface area contributed by atoms with Gasteiger partial charge in [-0.25, -0.2) is 8.78 Å². The van der Waals surface area contributed by atoms with Gasteiger partial charge in [-0.15, -0.1) is 11.8 Å². The molecule has 1 unspecified atom stereocenters. The van der Waals surface area contributed by atoms with E-state index in [0.717, 1.165) is 29.5 Å². The SMILES string of the molecule is CC(NC(=O)CSc1ccc(F)c(F)c1)c1cn[nH]c1. The molecule has 1 amide bonds. The number of hydrogen-bond donors (Lipinski definition) is 2. The molecule has 0 saturated carbocycles. The Morgan fingerprint density at radius 1 is 1.45 bits per heavy atom. The third kappa shape index (κ3) is 3.80. The molecular formula is C13H13F2N3OS. The van der Waals surface area contributed by atoms with Gasteiger partial charge in [-0.1, -0.05) is 0 Å². The Labute approximate surface area is 119 Å². The summed E-state index contributed by atoms with van der Waals surface area (Å²) in [7, 11) is 0. The van der Waals surface area contributed by atoms with E-state index in [1.165, 1.54) is 6.07 Å². The number of aromatic nitrogens is 2. The number of H-pyrrole nitrogens is 1. The van der Waals surface area contributed by atoms with E-state index in [1.54, 1.807) is 12.4 Å². The van der Waals surface area contributed by atoms with Gasteiger partial charge >= 0.3 is 0 Å². The van der Waals surface area contributed by atoms with E-state index in [-0.39, 0.29) is 17.7 Å². The molecule has 7 heteroatoms. The van der Waals surface area contributed by atoms with E-state index in [1.807, 2.05) is 6.92 Å². The summed E-state index contributed by atoms with van der Waals surface area (Å²) in [5, 5.41) is 9.26. The number of benzene rings is 1. The number of hydrogen-bond acceptors (Lipinski definition) is 3. The Hall–Kier alpha value is -1.89. The molecule has 1 aromatic heterocycles. The van der Waals surface area contributed by atoms with Crippen molar-refractivity contribution in [2.24, 2.45) is 0 Å². The van der Waals surface area contributed by atoms with Gasteiger partial charge in [0.1, 0.15) is 0 Å². The van der Waals surface area contributed by atoms with Gasteiger partial charge in [-0.3, -0.25) is 9.89 Å². The largest absolute Gasteiger partial charge is 0.349 e. The second-order valence-corrected chi connectivity index (χ2v) is 5.23. The van der Waals surface area contributed by atoms with Crippen molar-refractivity contribution in [3.8, 4) is 0 Å². The van der Waals surface area contributed by atoms with Gasteiger partial charge in [-0.2, -0.15) is 5.10 Å². The average molecular weight is 297 g/mol. The lowest BCUT2D eigenvalue weighted by molar-refractivity contribution is -0.119. The average Bonchev–Trinajstić information content (AvgIpc) is 2.94. The maximum atomic E-state index is 13.0. The van der Waals surface area contributed by atoms with Crippen LogP contribution in [0.15, 0.2) is 35.5 Å². The molecule has 0 bridgehead atoms. The van der Waals surface area contributed by atoms with Crippen LogP contribution in [-0.2, 0) is 4.79 Å². The molecule has 0 aliphatic heterocycles. The van der Waals surface area contributed by atoms with Crippen LogP contribution in [0, 0.1) is 11.6 Å². The molecule has 0 radical (unpaired) electrons. The van der Waals surface area contributed by atoms with Crippen LogP contribution in [0.25, 0.3) is 0 Å². The van der Waals surface area contributed by atoms with Crippen LogP contribution < -0.4 is 5.32 Å². The predicted octanol–water partition coefficient (Wildman–Crippen LogP) is 2.66. The highest BCUT2D eigenvalue weighted by Crippen LogP contribution is 2.20. The lowest BCUT2D eigenvalue weighted by Crippen LogP contribution is -2.27. The standard InChI is InChI=1S/C13H13F2N3OS/c1-8(9-5-16-17-6-9)18-13(19)7-20-10-2-3-11(14)12(15)4-10/h2-6,8H,7H2,1H3,(H,16,17)(H,18,19). The first-order valence-electron chi connectivity index (χ1n) is 5.92. The second kappa shape index (κ2) is 6.51. The monoisotopic (exact) mass is 297 g/mol. The molecule has 1 heterocycles. The van der Waals surface area contributed by atoms with E-state index >= 15 is 0 Å². The minimum Gasteiger partial charge on any atom is -0.349 e. The van der Waals surface area contributed by atoms with Crippen LogP contribution in [0.5, 0.6) is 0 Å². The Balaban J connectivity index is 1.84. The first-order chi connectivity index (χ1) is 9.56. The van der Waals surface area contributed by atoms with Crippen LogP contribution in [0.1, 0.15) is 18.5 Å². The first kappa shape index (κ1) is 14.5. The summed E-state index contributed by atoms with van der Waals surface area (Å²) < 4.78 is 25.8. The number of thioether (sulfide) groups is 1. The van der Waals surface area contributed by atoms with Gasteiger partial charge in [0, 0.05) is 16.7 Å². The van der Waals surface area contributed by atoms with E-state index in [4.69, 9.17) is 0 Å². The van der Waals surface area contributed by atoms with Gasteiger partial charge in [0.25, 0.3) is 0 Å². The van der Waals surface area contributed by atoms with Crippen molar-refractivity contribution in [1.29, 1.82) is 0 Å². The van der Waals surface area contributed by atoms with Crippen molar-refractivity contribution in [3.63, 3.8) is 0 Å². The molecule has 1 atom stereocenters. The maximum absolute atomic E-state index is 13.0. The quantitative estimate of drug-likeness (QED) is 0.834. The second-order valence-electron chi connectivity index (χ2n) is 4.19. The van der Waals surface area contributed by atoms with E-state index in [2.05, 4.69) is 15.5 Å². The zero-order valence-electron chi connectivity index (χ0n) is 10.7. The molecule has 0 aliphatic rings. The Bertz CT molecular complexity index is 589. The molecule has 0 fully saturated rings. The highest BCUT2D eigenvalue weighted by molar-refractivity contribution is 8.00. The molecule has 1 aromatic carbocycles. The zero-order chi connectivity index (χ0) is 14.5. The fraction of sp³-hybridized carbons (Fsp3) is 0.231. The summed E-state index contributed by atoms with van der Waals surface area (Å²) >= 11 is 1.15. The molecule has 0 spiro atoms. The highest BCUT2D eigenvalue weighted by Gasteiger charge is 2.11. The minimum atomic E-state index is -0.915. The lowest BCUT2D eigenvalue weighted by atomic mass is 10.2. The molecule has 2 N–H and O–H groups in total. The number of amides is 1. The fourth-order valence-electron chi connectivity index (χ4n) is 1.58. The molecule has 20 heavy (non-hydrogen) atoms. The highest BCUT2D eigenvalue weighted by atomic mass is 32.2. The van der Waals surface area contributed by atoms with Crippen LogP contribution in [0.4, 0.5) is 8.78 Å². The van der Waals surface area contributed by atoms with Gasteiger partial charge < -0.3 is 5.32 Å². The molecule has 4 nitrogen and oxygen atoms in total. The summed E-state index contributed by atoms with van der Waals surface area (Å²) in [4.78, 5) is 12.3. The summed E-state index contributed by atoms with van der Waals surface area (Å²) in [6.07, 6.45) is 3.33. The third-order valence-corrected chi connectivity index (χ3v) is 3.65. The summed E-state index contributed by atoms with van der Waals surface area (Å²) in [5.74, 6) is -1.87. The molecule has 0 aliphatic carbocycles. The topological polar surface area (TPSA) is 57.8 Å². The Kier molecular flexibility index (Phi) is 4.73. The van der Waals surface area contributed by atoms with Crippen LogP contribution >= 0.6 is 11.8 Å². The van der Waals surface area contributed by atoms with Gasteiger partial charge in [0.15, 0.2) is 11.6 Å². The molecule has 0 saturated heterocycles. The van der Waals surface area contributed by atoms with Crippen LogP contribution in [0.2, 0.25) is 0 Å². The smallest absolute Gasteiger partial charge is 0.230 e. The number of carbonyl (C=O) groups excluding carboxylic acids is 1. The van der Waals surface area contributed by atoms with Crippen molar-refractivity contribution in [3.05, 3.63) is 47.8 Å². The number of halogens is 2. The van der Waals surface area contributed by atoms with Crippen LogP contribution in [-0.4, -0.2) is 21.9 Å². The van der Waals surface area contributed by atoms with E-state index in [0.29, 0.717) is 4.90 Å². The van der Waals surface area contributed by atoms with Crippen molar-refractivity contribution < 1.29 is 13.6 Å². The number of nitrogens with zero attached hydrogens (tertiary/aromatic N) is 1. The van der Waals surface area contributed by atoms with E-state index in [9.17, 15) is 13.6 Å².